The fraction of sp³-hybridized carbons (Fsp3) is 0.263. The van der Waals surface area contributed by atoms with Crippen LogP contribution in [0.3, 0.4) is 0 Å². The van der Waals surface area contributed by atoms with E-state index >= 15 is 4.39 Å². The Labute approximate surface area is 154 Å². The number of thiazole rings is 1. The van der Waals surface area contributed by atoms with Crippen molar-refractivity contribution in [3.8, 4) is 10.8 Å². The fourth-order valence-corrected chi connectivity index (χ4v) is 4.12. The summed E-state index contributed by atoms with van der Waals surface area (Å²) in [7, 11) is 0. The minimum atomic E-state index is -1.50. The average Bonchev–Trinajstić information content (AvgIpc) is 3.30. The van der Waals surface area contributed by atoms with Crippen LogP contribution in [-0.4, -0.2) is 38.8 Å². The van der Waals surface area contributed by atoms with E-state index in [9.17, 15) is 4.79 Å². The zero-order valence-corrected chi connectivity index (χ0v) is 15.0. The summed E-state index contributed by atoms with van der Waals surface area (Å²) < 4.78 is 15.5. The van der Waals surface area contributed by atoms with Crippen LogP contribution in [0.25, 0.3) is 10.8 Å². The monoisotopic (exact) mass is 368 g/mol. The van der Waals surface area contributed by atoms with Gasteiger partial charge in [0.25, 0.3) is 5.91 Å². The van der Waals surface area contributed by atoms with E-state index in [4.69, 9.17) is 0 Å². The van der Waals surface area contributed by atoms with E-state index in [1.165, 1.54) is 17.5 Å². The minimum absolute atomic E-state index is 0.0613. The second kappa shape index (κ2) is 6.57. The Morgan fingerprint density at radius 2 is 1.96 bits per heavy atom. The molecule has 1 aliphatic heterocycles. The Morgan fingerprint density at radius 1 is 1.19 bits per heavy atom. The predicted octanol–water partition coefficient (Wildman–Crippen LogP) is 3.62. The van der Waals surface area contributed by atoms with Crippen LogP contribution in [0, 0.1) is 6.92 Å². The Balaban J connectivity index is 1.54. The van der Waals surface area contributed by atoms with Crippen molar-refractivity contribution in [1.82, 2.24) is 19.9 Å². The second-order valence-electron chi connectivity index (χ2n) is 6.36. The molecule has 1 aliphatic rings. The number of carbonyl (C=O) groups is 1. The van der Waals surface area contributed by atoms with E-state index in [1.54, 1.807) is 29.4 Å². The summed E-state index contributed by atoms with van der Waals surface area (Å²) in [5.41, 5.74) is 0.0698. The summed E-state index contributed by atoms with van der Waals surface area (Å²) in [4.78, 5) is 27.3. The van der Waals surface area contributed by atoms with E-state index in [0.29, 0.717) is 34.2 Å². The number of hydrogen-bond donors (Lipinski definition) is 0. The maximum atomic E-state index is 15.5. The highest BCUT2D eigenvalue weighted by Gasteiger charge is 2.42. The molecular weight excluding hydrogens is 351 g/mol. The molecule has 0 saturated carbocycles. The Morgan fingerprint density at radius 3 is 2.73 bits per heavy atom. The summed E-state index contributed by atoms with van der Waals surface area (Å²) in [5, 5.41) is 0.582. The van der Waals surface area contributed by atoms with Crippen LogP contribution in [0.4, 0.5) is 4.39 Å². The first-order valence-corrected chi connectivity index (χ1v) is 9.16. The summed E-state index contributed by atoms with van der Waals surface area (Å²) >= 11 is 1.23. The second-order valence-corrected chi connectivity index (χ2v) is 7.39. The molecule has 26 heavy (non-hydrogen) atoms. The van der Waals surface area contributed by atoms with Crippen molar-refractivity contribution in [2.45, 2.75) is 19.0 Å². The van der Waals surface area contributed by atoms with Gasteiger partial charge in [0, 0.05) is 25.4 Å². The number of aromatic nitrogens is 3. The summed E-state index contributed by atoms with van der Waals surface area (Å²) in [6.45, 7) is 2.35. The quantitative estimate of drug-likeness (QED) is 0.708. The maximum Gasteiger partial charge on any atom is 0.265 e. The van der Waals surface area contributed by atoms with E-state index in [2.05, 4.69) is 15.0 Å². The number of benzene rings is 1. The van der Waals surface area contributed by atoms with Gasteiger partial charge in [-0.15, -0.1) is 11.3 Å². The van der Waals surface area contributed by atoms with E-state index in [0.717, 1.165) is 5.56 Å². The lowest BCUT2D eigenvalue weighted by atomic mass is 9.91. The number of alkyl halides is 1. The molecule has 4 rings (SSSR count). The number of carbonyl (C=O) groups excluding carboxylic acids is 1. The van der Waals surface area contributed by atoms with Gasteiger partial charge in [0.15, 0.2) is 16.5 Å². The molecule has 3 heterocycles. The SMILES string of the molecule is Cc1ccccc1C1(F)CCN(C(=O)c2cnc(-c3ncccn3)s2)C1. The molecule has 3 aromatic rings. The molecule has 1 fully saturated rings. The third kappa shape index (κ3) is 2.99. The molecule has 7 heteroatoms. The first-order valence-electron chi connectivity index (χ1n) is 8.34. The number of halogens is 1. The lowest BCUT2D eigenvalue weighted by Gasteiger charge is -2.22. The molecule has 0 aliphatic carbocycles. The van der Waals surface area contributed by atoms with E-state index < -0.39 is 5.67 Å². The molecule has 2 aromatic heterocycles. The van der Waals surface area contributed by atoms with Crippen molar-refractivity contribution >= 4 is 17.2 Å². The Bertz CT molecular complexity index is 945. The van der Waals surface area contributed by atoms with Gasteiger partial charge in [-0.25, -0.2) is 19.3 Å². The van der Waals surface area contributed by atoms with Gasteiger partial charge in [0.2, 0.25) is 0 Å². The number of hydrogen-bond acceptors (Lipinski definition) is 5. The minimum Gasteiger partial charge on any atom is -0.334 e. The van der Waals surface area contributed by atoms with Crippen molar-refractivity contribution in [1.29, 1.82) is 0 Å². The molecule has 132 valence electrons. The normalized spacial score (nSPS) is 19.7. The first-order chi connectivity index (χ1) is 12.6. The van der Waals surface area contributed by atoms with Crippen molar-refractivity contribution in [3.63, 3.8) is 0 Å². The van der Waals surface area contributed by atoms with Crippen LogP contribution >= 0.6 is 11.3 Å². The molecule has 1 amide bonds. The molecule has 1 aromatic carbocycles. The molecule has 1 unspecified atom stereocenters. The number of nitrogens with zero attached hydrogens (tertiary/aromatic N) is 4. The zero-order chi connectivity index (χ0) is 18.1. The molecular formula is C19H17FN4OS. The number of rotatable bonds is 3. The Hall–Kier alpha value is -2.67. The highest BCUT2D eigenvalue weighted by atomic mass is 32.1. The van der Waals surface area contributed by atoms with Gasteiger partial charge in [0.05, 0.1) is 12.7 Å². The summed E-state index contributed by atoms with van der Waals surface area (Å²) in [6.07, 6.45) is 5.08. The number of aryl methyl sites for hydroxylation is 1. The highest BCUT2D eigenvalue weighted by molar-refractivity contribution is 7.16. The van der Waals surface area contributed by atoms with Crippen LogP contribution in [0.5, 0.6) is 0 Å². The Kier molecular flexibility index (Phi) is 4.24. The maximum absolute atomic E-state index is 15.5. The van der Waals surface area contributed by atoms with Crippen LogP contribution in [-0.2, 0) is 5.67 Å². The van der Waals surface area contributed by atoms with Crippen LogP contribution < -0.4 is 0 Å². The van der Waals surface area contributed by atoms with Gasteiger partial charge in [-0.3, -0.25) is 4.79 Å². The van der Waals surface area contributed by atoms with E-state index in [-0.39, 0.29) is 12.5 Å². The van der Waals surface area contributed by atoms with Crippen LogP contribution in [0.15, 0.2) is 48.9 Å². The fourth-order valence-electron chi connectivity index (χ4n) is 3.28. The molecule has 0 spiro atoms. The van der Waals surface area contributed by atoms with Gasteiger partial charge in [0.1, 0.15) is 4.88 Å². The lowest BCUT2D eigenvalue weighted by Crippen LogP contribution is -2.32. The van der Waals surface area contributed by atoms with Gasteiger partial charge < -0.3 is 4.90 Å². The van der Waals surface area contributed by atoms with Gasteiger partial charge in [-0.05, 0) is 24.1 Å². The molecule has 5 nitrogen and oxygen atoms in total. The molecule has 1 atom stereocenters. The highest BCUT2D eigenvalue weighted by Crippen LogP contribution is 2.38. The van der Waals surface area contributed by atoms with Crippen molar-refractivity contribution < 1.29 is 9.18 Å². The summed E-state index contributed by atoms with van der Waals surface area (Å²) in [6, 6.07) is 9.16. The van der Waals surface area contributed by atoms with Gasteiger partial charge in [-0.1, -0.05) is 24.3 Å². The standard InChI is InChI=1S/C19H17FN4OS/c1-13-5-2-3-6-14(13)19(20)7-10-24(12-19)18(25)15-11-23-17(26-15)16-21-8-4-9-22-16/h2-6,8-9,11H,7,10,12H2,1H3. The molecule has 0 bridgehead atoms. The van der Waals surface area contributed by atoms with Crippen molar-refractivity contribution in [2.24, 2.45) is 0 Å². The first kappa shape index (κ1) is 16.8. The van der Waals surface area contributed by atoms with Crippen molar-refractivity contribution in [3.05, 3.63) is 64.9 Å². The zero-order valence-electron chi connectivity index (χ0n) is 14.2. The smallest absolute Gasteiger partial charge is 0.265 e. The van der Waals surface area contributed by atoms with Crippen LogP contribution in [0.1, 0.15) is 27.2 Å². The van der Waals surface area contributed by atoms with Gasteiger partial charge in [-0.2, -0.15) is 0 Å². The summed E-state index contributed by atoms with van der Waals surface area (Å²) in [5.74, 6) is 0.288. The topological polar surface area (TPSA) is 59.0 Å². The number of likely N-dealkylation sites (tertiary alicyclic amines) is 1. The molecule has 1 saturated heterocycles. The average molecular weight is 368 g/mol. The third-order valence-corrected chi connectivity index (χ3v) is 5.59. The van der Waals surface area contributed by atoms with Crippen molar-refractivity contribution in [2.75, 3.05) is 13.1 Å². The lowest BCUT2D eigenvalue weighted by molar-refractivity contribution is 0.0755. The van der Waals surface area contributed by atoms with Gasteiger partial charge >= 0.3 is 0 Å². The third-order valence-electron chi connectivity index (χ3n) is 4.61. The molecule has 0 N–H and O–H groups in total. The molecule has 0 radical (unpaired) electrons. The largest absolute Gasteiger partial charge is 0.334 e. The van der Waals surface area contributed by atoms with Crippen LogP contribution in [0.2, 0.25) is 0 Å². The van der Waals surface area contributed by atoms with E-state index in [1.807, 2.05) is 25.1 Å². The predicted molar refractivity (Wildman–Crippen MR) is 97.6 cm³/mol. The number of amides is 1.